The summed E-state index contributed by atoms with van der Waals surface area (Å²) in [4.78, 5) is 13.7. The van der Waals surface area contributed by atoms with E-state index in [9.17, 15) is 0 Å². The molecule has 6 nitrogen and oxygen atoms in total. The molecule has 3 rings (SSSR count). The van der Waals surface area contributed by atoms with Gasteiger partial charge in [0.25, 0.3) is 0 Å². The predicted molar refractivity (Wildman–Crippen MR) is 81.1 cm³/mol. The van der Waals surface area contributed by atoms with E-state index < -0.39 is 0 Å². The van der Waals surface area contributed by atoms with Crippen molar-refractivity contribution in [1.29, 1.82) is 0 Å². The van der Waals surface area contributed by atoms with Gasteiger partial charge < -0.3 is 14.8 Å². The van der Waals surface area contributed by atoms with Crippen molar-refractivity contribution in [2.45, 2.75) is 0 Å². The van der Waals surface area contributed by atoms with Crippen molar-refractivity contribution in [3.05, 3.63) is 18.6 Å². The number of likely N-dealkylation sites (N-methyl/N-ethyl adjacent to an activating group) is 1. The van der Waals surface area contributed by atoms with Crippen LogP contribution in [0.5, 0.6) is 0 Å². The standard InChI is InChI=1S/C14H22N6/c1-18(9-10-20-7-5-15-6-8-20)14-13-12(3-4-16-14)19(2)11-17-13/h3-4,11,15H,5-10H2,1-2H3. The van der Waals surface area contributed by atoms with Crippen LogP contribution in [0.15, 0.2) is 18.6 Å². The third-order valence-corrected chi connectivity index (χ3v) is 3.95. The third kappa shape index (κ3) is 2.62. The summed E-state index contributed by atoms with van der Waals surface area (Å²) in [6.45, 7) is 6.51. The van der Waals surface area contributed by atoms with E-state index in [0.717, 1.165) is 56.1 Å². The molecule has 0 aliphatic carbocycles. The second-order valence-electron chi connectivity index (χ2n) is 5.37. The topological polar surface area (TPSA) is 49.2 Å². The zero-order valence-electron chi connectivity index (χ0n) is 12.2. The van der Waals surface area contributed by atoms with Crippen LogP contribution in [0.25, 0.3) is 11.0 Å². The number of pyridine rings is 1. The molecular weight excluding hydrogens is 252 g/mol. The molecule has 20 heavy (non-hydrogen) atoms. The lowest BCUT2D eigenvalue weighted by atomic mass is 10.3. The lowest BCUT2D eigenvalue weighted by Crippen LogP contribution is -2.46. The molecule has 2 aromatic rings. The molecule has 3 heterocycles. The summed E-state index contributed by atoms with van der Waals surface area (Å²) in [5.74, 6) is 0.971. The average molecular weight is 274 g/mol. The third-order valence-electron chi connectivity index (χ3n) is 3.95. The Balaban J connectivity index is 1.70. The molecule has 0 saturated carbocycles. The summed E-state index contributed by atoms with van der Waals surface area (Å²) in [6.07, 6.45) is 3.71. The quantitative estimate of drug-likeness (QED) is 0.869. The Hall–Kier alpha value is -1.66. The van der Waals surface area contributed by atoms with Crippen molar-refractivity contribution in [2.75, 3.05) is 51.2 Å². The maximum atomic E-state index is 4.50. The smallest absolute Gasteiger partial charge is 0.156 e. The van der Waals surface area contributed by atoms with Gasteiger partial charge in [0, 0.05) is 59.6 Å². The zero-order chi connectivity index (χ0) is 13.9. The molecule has 0 amide bonds. The Kier molecular flexibility index (Phi) is 3.84. The van der Waals surface area contributed by atoms with Crippen molar-refractivity contribution in [3.8, 4) is 0 Å². The lowest BCUT2D eigenvalue weighted by molar-refractivity contribution is 0.246. The van der Waals surface area contributed by atoms with Crippen LogP contribution in [0.4, 0.5) is 5.82 Å². The number of anilines is 1. The fraction of sp³-hybridized carbons (Fsp3) is 0.571. The van der Waals surface area contributed by atoms with E-state index in [2.05, 4.69) is 32.1 Å². The van der Waals surface area contributed by atoms with Crippen LogP contribution >= 0.6 is 0 Å². The summed E-state index contributed by atoms with van der Waals surface area (Å²) in [7, 11) is 4.11. The fourth-order valence-electron chi connectivity index (χ4n) is 2.66. The van der Waals surface area contributed by atoms with Gasteiger partial charge in [-0.25, -0.2) is 9.97 Å². The van der Waals surface area contributed by atoms with Crippen molar-refractivity contribution in [3.63, 3.8) is 0 Å². The maximum Gasteiger partial charge on any atom is 0.156 e. The normalized spacial score (nSPS) is 16.7. The van der Waals surface area contributed by atoms with Gasteiger partial charge in [-0.3, -0.25) is 4.90 Å². The van der Waals surface area contributed by atoms with Crippen LogP contribution in [-0.4, -0.2) is 65.8 Å². The summed E-state index contributed by atoms with van der Waals surface area (Å²) < 4.78 is 2.03. The minimum absolute atomic E-state index is 0.971. The van der Waals surface area contributed by atoms with Gasteiger partial charge in [-0.1, -0.05) is 0 Å². The van der Waals surface area contributed by atoms with E-state index in [0.29, 0.717) is 0 Å². The van der Waals surface area contributed by atoms with Gasteiger partial charge in [0.2, 0.25) is 0 Å². The lowest BCUT2D eigenvalue weighted by Gasteiger charge is -2.29. The van der Waals surface area contributed by atoms with E-state index >= 15 is 0 Å². The molecule has 0 spiro atoms. The Morgan fingerprint density at radius 3 is 2.90 bits per heavy atom. The SMILES string of the molecule is CN(CCN1CCNCC1)c1nccc2c1ncn2C. The highest BCUT2D eigenvalue weighted by Gasteiger charge is 2.13. The predicted octanol–water partition coefficient (Wildman–Crippen LogP) is 0.310. The molecule has 1 fully saturated rings. The first-order chi connectivity index (χ1) is 9.75. The van der Waals surface area contributed by atoms with Crippen LogP contribution in [0.3, 0.4) is 0 Å². The molecule has 1 N–H and O–H groups in total. The molecule has 108 valence electrons. The van der Waals surface area contributed by atoms with Gasteiger partial charge in [0.1, 0.15) is 5.52 Å². The number of hydrogen-bond acceptors (Lipinski definition) is 5. The number of piperazine rings is 1. The maximum absolute atomic E-state index is 4.50. The highest BCUT2D eigenvalue weighted by Crippen LogP contribution is 2.21. The molecule has 1 saturated heterocycles. The Bertz CT molecular complexity index is 572. The number of rotatable bonds is 4. The number of hydrogen-bond donors (Lipinski definition) is 1. The number of fused-ring (bicyclic) bond motifs is 1. The van der Waals surface area contributed by atoms with E-state index in [-0.39, 0.29) is 0 Å². The summed E-state index contributed by atoms with van der Waals surface area (Å²) in [5, 5.41) is 3.38. The first-order valence-electron chi connectivity index (χ1n) is 7.16. The van der Waals surface area contributed by atoms with E-state index in [1.54, 1.807) is 0 Å². The Labute approximate surface area is 119 Å². The number of imidazole rings is 1. The van der Waals surface area contributed by atoms with Gasteiger partial charge in [-0.15, -0.1) is 0 Å². The van der Waals surface area contributed by atoms with Crippen molar-refractivity contribution in [2.24, 2.45) is 7.05 Å². The molecule has 0 radical (unpaired) electrons. The molecule has 0 aromatic carbocycles. The number of aryl methyl sites for hydroxylation is 1. The molecule has 1 aliphatic heterocycles. The van der Waals surface area contributed by atoms with Crippen molar-refractivity contribution in [1.82, 2.24) is 24.8 Å². The van der Waals surface area contributed by atoms with Crippen LogP contribution in [0, 0.1) is 0 Å². The molecule has 2 aromatic heterocycles. The highest BCUT2D eigenvalue weighted by atomic mass is 15.2. The van der Waals surface area contributed by atoms with Crippen LogP contribution in [0.2, 0.25) is 0 Å². The van der Waals surface area contributed by atoms with Gasteiger partial charge >= 0.3 is 0 Å². The molecule has 0 atom stereocenters. The van der Waals surface area contributed by atoms with E-state index in [1.807, 2.05) is 30.2 Å². The summed E-state index contributed by atoms with van der Waals surface area (Å²) in [5.41, 5.74) is 2.11. The fourth-order valence-corrected chi connectivity index (χ4v) is 2.66. The van der Waals surface area contributed by atoms with Crippen LogP contribution in [0.1, 0.15) is 0 Å². The molecule has 1 aliphatic rings. The van der Waals surface area contributed by atoms with Gasteiger partial charge in [-0.05, 0) is 6.07 Å². The minimum atomic E-state index is 0.971. The largest absolute Gasteiger partial charge is 0.357 e. The second-order valence-corrected chi connectivity index (χ2v) is 5.37. The summed E-state index contributed by atoms with van der Waals surface area (Å²) in [6, 6.07) is 2.01. The van der Waals surface area contributed by atoms with E-state index in [1.165, 1.54) is 0 Å². The van der Waals surface area contributed by atoms with Gasteiger partial charge in [0.15, 0.2) is 5.82 Å². The van der Waals surface area contributed by atoms with E-state index in [4.69, 9.17) is 0 Å². The average Bonchev–Trinajstić information content (AvgIpc) is 2.87. The molecule has 0 unspecified atom stereocenters. The van der Waals surface area contributed by atoms with Crippen molar-refractivity contribution >= 4 is 16.9 Å². The summed E-state index contributed by atoms with van der Waals surface area (Å²) >= 11 is 0. The van der Waals surface area contributed by atoms with Gasteiger partial charge in [0.05, 0.1) is 11.8 Å². The van der Waals surface area contributed by atoms with Crippen LogP contribution < -0.4 is 10.2 Å². The number of nitrogens with zero attached hydrogens (tertiary/aromatic N) is 5. The van der Waals surface area contributed by atoms with Crippen LogP contribution in [-0.2, 0) is 7.05 Å². The van der Waals surface area contributed by atoms with Gasteiger partial charge in [-0.2, -0.15) is 0 Å². The molecule has 0 bridgehead atoms. The molecular formula is C14H22N6. The first kappa shape index (κ1) is 13.3. The Morgan fingerprint density at radius 2 is 2.10 bits per heavy atom. The second kappa shape index (κ2) is 5.76. The number of aromatic nitrogens is 3. The minimum Gasteiger partial charge on any atom is -0.357 e. The van der Waals surface area contributed by atoms with Crippen molar-refractivity contribution < 1.29 is 0 Å². The zero-order valence-corrected chi connectivity index (χ0v) is 12.2. The Morgan fingerprint density at radius 1 is 1.30 bits per heavy atom. The highest BCUT2D eigenvalue weighted by molar-refractivity contribution is 5.86. The first-order valence-corrected chi connectivity index (χ1v) is 7.16. The monoisotopic (exact) mass is 274 g/mol. The molecule has 6 heteroatoms. The number of nitrogens with one attached hydrogen (secondary N) is 1.